The number of rotatable bonds is 7. The maximum absolute atomic E-state index is 14.9. The lowest BCUT2D eigenvalue weighted by Crippen LogP contribution is -2.36. The van der Waals surface area contributed by atoms with Crippen molar-refractivity contribution in [2.24, 2.45) is 0 Å². The molecule has 1 amide bonds. The Morgan fingerprint density at radius 2 is 2.28 bits per heavy atom. The highest BCUT2D eigenvalue weighted by molar-refractivity contribution is 5.76. The van der Waals surface area contributed by atoms with Crippen molar-refractivity contribution >= 4 is 23.2 Å². The van der Waals surface area contributed by atoms with Crippen molar-refractivity contribution in [2.75, 3.05) is 19.0 Å². The van der Waals surface area contributed by atoms with Gasteiger partial charge in [0.25, 0.3) is 0 Å². The number of carbonyl (C=O) groups excluding carboxylic acids is 1. The number of H-pyrrole nitrogens is 1. The van der Waals surface area contributed by atoms with Crippen molar-refractivity contribution in [3.8, 4) is 0 Å². The molecule has 32 heavy (non-hydrogen) atoms. The number of aryl methyl sites for hydroxylation is 1. The summed E-state index contributed by atoms with van der Waals surface area (Å²) in [5.41, 5.74) is 2.95. The average Bonchev–Trinajstić information content (AvgIpc) is 3.41. The fourth-order valence-electron chi connectivity index (χ4n) is 3.57. The number of carbonyl (C=O) groups is 1. The first-order valence-corrected chi connectivity index (χ1v) is 10.2. The minimum Gasteiger partial charge on any atom is -0.441 e. The first-order valence-electron chi connectivity index (χ1n) is 10.2. The number of nitrogens with one attached hydrogen (secondary N) is 3. The topological polar surface area (TPSA) is 128 Å². The van der Waals surface area contributed by atoms with E-state index in [1.54, 1.807) is 43.9 Å². The molecule has 0 bridgehead atoms. The third-order valence-corrected chi connectivity index (χ3v) is 5.06. The summed E-state index contributed by atoms with van der Waals surface area (Å²) in [6, 6.07) is 1.53. The summed E-state index contributed by atoms with van der Waals surface area (Å²) in [5.74, 6) is 0.987. The molecule has 0 spiro atoms. The van der Waals surface area contributed by atoms with Gasteiger partial charge in [0.15, 0.2) is 23.9 Å². The zero-order valence-electron chi connectivity index (χ0n) is 18.3. The summed E-state index contributed by atoms with van der Waals surface area (Å²) in [5, 5.41) is 17.2. The van der Waals surface area contributed by atoms with E-state index in [0.717, 1.165) is 16.8 Å². The van der Waals surface area contributed by atoms with Gasteiger partial charge in [0, 0.05) is 37.2 Å². The van der Waals surface area contributed by atoms with Crippen molar-refractivity contribution in [2.45, 2.75) is 51.8 Å². The van der Waals surface area contributed by atoms with E-state index < -0.39 is 24.5 Å². The summed E-state index contributed by atoms with van der Waals surface area (Å²) in [6.45, 7) is 5.86. The predicted octanol–water partition coefficient (Wildman–Crippen LogP) is 2.56. The molecule has 0 radical (unpaired) electrons. The maximum atomic E-state index is 14.9. The Bertz CT molecular complexity index is 1100. The number of alkyl carbamates (subject to hydrolysis) is 1. The summed E-state index contributed by atoms with van der Waals surface area (Å²) in [4.78, 5) is 16.2. The lowest BCUT2D eigenvalue weighted by atomic mass is 10.1. The summed E-state index contributed by atoms with van der Waals surface area (Å²) in [6.07, 6.45) is -0.763. The van der Waals surface area contributed by atoms with E-state index in [0.29, 0.717) is 23.9 Å². The molecule has 0 unspecified atom stereocenters. The number of halogens is 1. The number of amides is 1. The molecule has 172 valence electrons. The molecule has 1 aliphatic heterocycles. The van der Waals surface area contributed by atoms with Crippen LogP contribution in [0.1, 0.15) is 36.9 Å². The van der Waals surface area contributed by atoms with E-state index in [-0.39, 0.29) is 12.6 Å². The number of methoxy groups -OCH3 is 1. The van der Waals surface area contributed by atoms with Crippen molar-refractivity contribution in [3.63, 3.8) is 0 Å². The Hall–Kier alpha value is -3.25. The fourth-order valence-corrected chi connectivity index (χ4v) is 3.57. The molecule has 12 heteroatoms. The number of hydrogen-bond donors (Lipinski definition) is 3. The highest BCUT2D eigenvalue weighted by Crippen LogP contribution is 2.34. The van der Waals surface area contributed by atoms with Crippen LogP contribution in [0.25, 0.3) is 5.52 Å². The molecule has 3 N–H and O–H groups in total. The number of nitrogens with zero attached hydrogens (tertiary/aromatic N) is 4. The Labute approximate surface area is 183 Å². The monoisotopic (exact) mass is 447 g/mol. The Balaban J connectivity index is 1.48. The Morgan fingerprint density at radius 3 is 3.03 bits per heavy atom. The van der Waals surface area contributed by atoms with Gasteiger partial charge in [-0.25, -0.2) is 18.7 Å². The number of aromatic nitrogens is 5. The Kier molecular flexibility index (Phi) is 6.24. The molecule has 4 heterocycles. The number of aromatic amines is 1. The molecule has 1 aliphatic rings. The van der Waals surface area contributed by atoms with Gasteiger partial charge in [-0.15, -0.1) is 0 Å². The predicted molar refractivity (Wildman–Crippen MR) is 112 cm³/mol. The number of ether oxygens (including phenoxy) is 3. The van der Waals surface area contributed by atoms with Gasteiger partial charge >= 0.3 is 6.09 Å². The van der Waals surface area contributed by atoms with Crippen LogP contribution in [-0.4, -0.2) is 62.9 Å². The lowest BCUT2D eigenvalue weighted by Gasteiger charge is -2.16. The lowest BCUT2D eigenvalue weighted by molar-refractivity contribution is 0.0615. The molecule has 1 fully saturated rings. The van der Waals surface area contributed by atoms with Crippen LogP contribution in [0.15, 0.2) is 18.5 Å². The van der Waals surface area contributed by atoms with Crippen LogP contribution >= 0.6 is 0 Å². The number of alkyl halides is 1. The van der Waals surface area contributed by atoms with E-state index in [1.165, 1.54) is 0 Å². The van der Waals surface area contributed by atoms with Crippen molar-refractivity contribution in [3.05, 3.63) is 35.4 Å². The van der Waals surface area contributed by atoms with Crippen molar-refractivity contribution < 1.29 is 23.4 Å². The van der Waals surface area contributed by atoms with Crippen molar-refractivity contribution in [1.29, 1.82) is 0 Å². The molecule has 3 aromatic heterocycles. The molecule has 4 rings (SSSR count). The van der Waals surface area contributed by atoms with Crippen LogP contribution in [0.4, 0.5) is 20.8 Å². The van der Waals surface area contributed by atoms with Crippen LogP contribution in [0, 0.1) is 6.92 Å². The van der Waals surface area contributed by atoms with Crippen LogP contribution in [0.3, 0.4) is 0 Å². The van der Waals surface area contributed by atoms with E-state index >= 15 is 0 Å². The second-order valence-corrected chi connectivity index (χ2v) is 7.85. The molecule has 0 aliphatic carbocycles. The van der Waals surface area contributed by atoms with Gasteiger partial charge < -0.3 is 24.8 Å². The zero-order chi connectivity index (χ0) is 22.8. The van der Waals surface area contributed by atoms with E-state index in [2.05, 4.69) is 30.9 Å². The average molecular weight is 447 g/mol. The standard InChI is InChI=1S/C20H26FN7O4/c1-10(2)23-20(29)32-14-9-31-18(16(14)21)12-7-15(26-25-12)24-19-17-11(3)13(8-30-4)27-28(17)6-5-22-19/h5-7,10,14,16,18H,8-9H2,1-4H3,(H,23,29)(H2,22,24,25,26)/t14-,16-,18-/m1/s1. The zero-order valence-corrected chi connectivity index (χ0v) is 18.3. The molecule has 11 nitrogen and oxygen atoms in total. The smallest absolute Gasteiger partial charge is 0.407 e. The quantitative estimate of drug-likeness (QED) is 0.504. The summed E-state index contributed by atoms with van der Waals surface area (Å²) < 4.78 is 32.5. The molecule has 1 saturated heterocycles. The van der Waals surface area contributed by atoms with Crippen LogP contribution in [0.5, 0.6) is 0 Å². The van der Waals surface area contributed by atoms with Gasteiger partial charge in [0.05, 0.1) is 24.6 Å². The number of hydrogen-bond acceptors (Lipinski definition) is 8. The molecule has 3 aromatic rings. The van der Waals surface area contributed by atoms with Crippen molar-refractivity contribution in [1.82, 2.24) is 30.1 Å². The highest BCUT2D eigenvalue weighted by atomic mass is 19.1. The second-order valence-electron chi connectivity index (χ2n) is 7.85. The summed E-state index contributed by atoms with van der Waals surface area (Å²) in [7, 11) is 1.61. The largest absolute Gasteiger partial charge is 0.441 e. The minimum atomic E-state index is -1.53. The third-order valence-electron chi connectivity index (χ3n) is 5.06. The van der Waals surface area contributed by atoms with Crippen LogP contribution < -0.4 is 10.6 Å². The molecular formula is C20H26FN7O4. The van der Waals surface area contributed by atoms with Gasteiger partial charge in [0.2, 0.25) is 0 Å². The first kappa shape index (κ1) is 22.0. The van der Waals surface area contributed by atoms with Crippen LogP contribution in [0.2, 0.25) is 0 Å². The molecule has 0 saturated carbocycles. The van der Waals surface area contributed by atoms with Gasteiger partial charge in [-0.3, -0.25) is 5.10 Å². The minimum absolute atomic E-state index is 0.0444. The molecule has 0 aromatic carbocycles. The van der Waals surface area contributed by atoms with Gasteiger partial charge in [-0.1, -0.05) is 0 Å². The van der Waals surface area contributed by atoms with E-state index in [4.69, 9.17) is 14.2 Å². The SMILES string of the molecule is COCc1nn2ccnc(Nc3cc([C@H]4OC[C@@H](OC(=O)NC(C)C)[C@H]4F)[nH]n3)c2c1C. The van der Waals surface area contributed by atoms with Crippen LogP contribution in [-0.2, 0) is 20.8 Å². The first-order chi connectivity index (χ1) is 15.4. The van der Waals surface area contributed by atoms with E-state index in [9.17, 15) is 9.18 Å². The summed E-state index contributed by atoms with van der Waals surface area (Å²) >= 11 is 0. The molecular weight excluding hydrogens is 421 g/mol. The number of anilines is 2. The highest BCUT2D eigenvalue weighted by Gasteiger charge is 2.42. The maximum Gasteiger partial charge on any atom is 0.407 e. The number of fused-ring (bicyclic) bond motifs is 1. The fraction of sp³-hybridized carbons (Fsp3) is 0.500. The third kappa shape index (κ3) is 4.36. The second kappa shape index (κ2) is 9.09. The van der Waals surface area contributed by atoms with Gasteiger partial charge in [-0.05, 0) is 20.8 Å². The van der Waals surface area contributed by atoms with Gasteiger partial charge in [-0.2, -0.15) is 10.2 Å². The van der Waals surface area contributed by atoms with Gasteiger partial charge in [0.1, 0.15) is 11.6 Å². The molecule has 3 atom stereocenters. The normalized spacial score (nSPS) is 20.8. The van der Waals surface area contributed by atoms with E-state index in [1.807, 2.05) is 6.92 Å². The Morgan fingerprint density at radius 1 is 1.47 bits per heavy atom.